The van der Waals surface area contributed by atoms with Crippen LogP contribution in [0.15, 0.2) is 36.7 Å². The first-order chi connectivity index (χ1) is 16.9. The summed E-state index contributed by atoms with van der Waals surface area (Å²) in [6, 6.07) is 6.05. The highest BCUT2D eigenvalue weighted by Crippen LogP contribution is 2.20. The molecule has 190 valence electrons. The maximum atomic E-state index is 14.6. The van der Waals surface area contributed by atoms with Crippen molar-refractivity contribution in [2.24, 2.45) is 0 Å². The van der Waals surface area contributed by atoms with Crippen molar-refractivity contribution >= 4 is 11.8 Å². The topological polar surface area (TPSA) is 104 Å². The van der Waals surface area contributed by atoms with Crippen molar-refractivity contribution in [2.45, 2.75) is 57.7 Å². The zero-order chi connectivity index (χ0) is 25.2. The second-order valence-electron chi connectivity index (χ2n) is 8.95. The van der Waals surface area contributed by atoms with Crippen LogP contribution in [-0.4, -0.2) is 65.7 Å². The Morgan fingerprint density at radius 1 is 1.26 bits per heavy atom. The molecule has 3 heterocycles. The van der Waals surface area contributed by atoms with E-state index in [2.05, 4.69) is 28.6 Å². The van der Waals surface area contributed by atoms with Crippen LogP contribution in [0.5, 0.6) is 5.75 Å². The molecule has 0 radical (unpaired) electrons. The molecule has 35 heavy (non-hydrogen) atoms. The van der Waals surface area contributed by atoms with E-state index in [1.807, 2.05) is 6.20 Å². The number of carbonyl (C=O) groups is 2. The number of amides is 2. The SMILES string of the molecule is CCc1cncc(CNC[C@@H](O)[C@@H]2Cc3ccc(c(F)c3)OCCCCC(=O)N(C)CC(=O)N2)c1. The lowest BCUT2D eigenvalue weighted by molar-refractivity contribution is -0.135. The highest BCUT2D eigenvalue weighted by atomic mass is 19.1. The predicted molar refractivity (Wildman–Crippen MR) is 130 cm³/mol. The number of aliphatic hydroxyl groups excluding tert-OH is 1. The summed E-state index contributed by atoms with van der Waals surface area (Å²) >= 11 is 0. The highest BCUT2D eigenvalue weighted by molar-refractivity contribution is 5.84. The van der Waals surface area contributed by atoms with Crippen molar-refractivity contribution in [1.29, 1.82) is 0 Å². The minimum Gasteiger partial charge on any atom is -0.491 e. The summed E-state index contributed by atoms with van der Waals surface area (Å²) in [7, 11) is 1.58. The molecular weight excluding hydrogens is 451 g/mol. The van der Waals surface area contributed by atoms with Crippen molar-refractivity contribution < 1.29 is 23.8 Å². The van der Waals surface area contributed by atoms with Gasteiger partial charge in [-0.25, -0.2) is 4.39 Å². The second-order valence-corrected chi connectivity index (χ2v) is 8.95. The predicted octanol–water partition coefficient (Wildman–Crippen LogP) is 1.98. The van der Waals surface area contributed by atoms with Gasteiger partial charge in [-0.15, -0.1) is 0 Å². The van der Waals surface area contributed by atoms with Crippen LogP contribution in [0.4, 0.5) is 4.39 Å². The lowest BCUT2D eigenvalue weighted by Gasteiger charge is -2.26. The zero-order valence-corrected chi connectivity index (χ0v) is 20.4. The number of aryl methyl sites for hydroxylation is 1. The Hall–Kier alpha value is -3.04. The number of pyridine rings is 1. The molecule has 0 spiro atoms. The van der Waals surface area contributed by atoms with Crippen LogP contribution in [0.3, 0.4) is 0 Å². The van der Waals surface area contributed by atoms with E-state index in [4.69, 9.17) is 4.74 Å². The summed E-state index contributed by atoms with van der Waals surface area (Å²) in [5.41, 5.74) is 2.75. The van der Waals surface area contributed by atoms with Gasteiger partial charge < -0.3 is 25.4 Å². The molecule has 2 aliphatic heterocycles. The number of aromatic nitrogens is 1. The Bertz CT molecular complexity index is 1000. The molecular formula is C26H35FN4O4. The van der Waals surface area contributed by atoms with Crippen molar-refractivity contribution in [3.8, 4) is 5.75 Å². The van der Waals surface area contributed by atoms with Crippen LogP contribution >= 0.6 is 0 Å². The van der Waals surface area contributed by atoms with Gasteiger partial charge in [0.05, 0.1) is 25.3 Å². The van der Waals surface area contributed by atoms with Crippen LogP contribution < -0.4 is 15.4 Å². The molecule has 2 amide bonds. The van der Waals surface area contributed by atoms with Crippen LogP contribution in [0, 0.1) is 5.82 Å². The molecule has 9 heteroatoms. The van der Waals surface area contributed by atoms with Crippen molar-refractivity contribution in [3.63, 3.8) is 0 Å². The molecule has 8 nitrogen and oxygen atoms in total. The summed E-state index contributed by atoms with van der Waals surface area (Å²) in [6.45, 7) is 2.96. The first-order valence-electron chi connectivity index (χ1n) is 12.1. The summed E-state index contributed by atoms with van der Waals surface area (Å²) in [6.07, 6.45) is 5.21. The average Bonchev–Trinajstić information content (AvgIpc) is 2.83. The number of aliphatic hydroxyl groups is 1. The Morgan fingerprint density at radius 3 is 2.83 bits per heavy atom. The number of nitrogens with one attached hydrogen (secondary N) is 2. The molecule has 0 unspecified atom stereocenters. The number of nitrogens with zero attached hydrogens (tertiary/aromatic N) is 2. The molecule has 0 aliphatic carbocycles. The fraction of sp³-hybridized carbons (Fsp3) is 0.500. The minimum atomic E-state index is -0.944. The first-order valence-corrected chi connectivity index (χ1v) is 12.1. The third-order valence-electron chi connectivity index (χ3n) is 6.05. The molecule has 3 N–H and O–H groups in total. The van der Waals surface area contributed by atoms with Gasteiger partial charge in [0, 0.05) is 39.0 Å². The molecule has 0 saturated carbocycles. The first kappa shape index (κ1) is 26.6. The summed E-state index contributed by atoms with van der Waals surface area (Å²) in [5.74, 6) is -0.873. The van der Waals surface area contributed by atoms with E-state index in [-0.39, 0.29) is 43.5 Å². The molecule has 2 bridgehead atoms. The van der Waals surface area contributed by atoms with E-state index in [1.54, 1.807) is 25.4 Å². The third kappa shape index (κ3) is 8.29. The number of likely N-dealkylation sites (N-methyl/N-ethyl adjacent to an activating group) is 1. The highest BCUT2D eigenvalue weighted by Gasteiger charge is 2.24. The van der Waals surface area contributed by atoms with Crippen molar-refractivity contribution in [3.05, 3.63) is 59.2 Å². The standard InChI is InChI=1S/C26H35FN4O4/c1-3-18-10-20(14-28-13-18)15-29-16-23(32)22-12-19-7-8-24(21(27)11-19)35-9-5-4-6-26(34)31(2)17-25(33)30-22/h7-8,10-11,13-14,22-23,29,32H,3-6,9,12,15-17H2,1-2H3,(H,30,33)/t22-,23+/m0/s1. The molecule has 2 atom stereocenters. The van der Waals surface area contributed by atoms with Crippen molar-refractivity contribution in [2.75, 3.05) is 26.7 Å². The van der Waals surface area contributed by atoms with Gasteiger partial charge in [0.2, 0.25) is 11.8 Å². The largest absolute Gasteiger partial charge is 0.491 e. The van der Waals surface area contributed by atoms with Gasteiger partial charge in [-0.05, 0) is 54.5 Å². The lowest BCUT2D eigenvalue weighted by atomic mass is 10.0. The van der Waals surface area contributed by atoms with Crippen LogP contribution in [0.2, 0.25) is 0 Å². The van der Waals surface area contributed by atoms with Gasteiger partial charge in [-0.3, -0.25) is 14.6 Å². The molecule has 2 aromatic rings. The number of halogens is 1. The maximum Gasteiger partial charge on any atom is 0.239 e. The minimum absolute atomic E-state index is 0.116. The third-order valence-corrected chi connectivity index (χ3v) is 6.05. The average molecular weight is 487 g/mol. The van der Waals surface area contributed by atoms with Crippen LogP contribution in [0.1, 0.15) is 42.9 Å². The van der Waals surface area contributed by atoms with Crippen LogP contribution in [-0.2, 0) is 29.0 Å². The number of carbonyl (C=O) groups excluding carboxylic acids is 2. The fourth-order valence-electron chi connectivity index (χ4n) is 3.97. The molecule has 1 aromatic heterocycles. The number of hydrogen-bond donors (Lipinski definition) is 3. The Morgan fingerprint density at radius 2 is 2.06 bits per heavy atom. The lowest BCUT2D eigenvalue weighted by Crippen LogP contribution is -2.51. The molecule has 0 fully saturated rings. The number of ether oxygens (including phenoxy) is 1. The van der Waals surface area contributed by atoms with Gasteiger partial charge >= 0.3 is 0 Å². The summed E-state index contributed by atoms with van der Waals surface area (Å²) in [5, 5.41) is 17.0. The monoisotopic (exact) mass is 486 g/mol. The van der Waals surface area contributed by atoms with Gasteiger partial charge in [0.1, 0.15) is 0 Å². The number of hydrogen-bond acceptors (Lipinski definition) is 6. The Balaban J connectivity index is 1.71. The number of rotatable bonds is 6. The van der Waals surface area contributed by atoms with E-state index in [0.29, 0.717) is 31.6 Å². The van der Waals surface area contributed by atoms with Gasteiger partial charge in [-0.2, -0.15) is 0 Å². The van der Waals surface area contributed by atoms with E-state index in [0.717, 1.165) is 17.5 Å². The van der Waals surface area contributed by atoms with Crippen molar-refractivity contribution in [1.82, 2.24) is 20.5 Å². The fourth-order valence-corrected chi connectivity index (χ4v) is 3.97. The van der Waals surface area contributed by atoms with E-state index < -0.39 is 18.0 Å². The summed E-state index contributed by atoms with van der Waals surface area (Å²) in [4.78, 5) is 30.6. The van der Waals surface area contributed by atoms with Gasteiger partial charge in [0.15, 0.2) is 11.6 Å². The van der Waals surface area contributed by atoms with E-state index >= 15 is 0 Å². The molecule has 4 rings (SSSR count). The smallest absolute Gasteiger partial charge is 0.239 e. The Labute approximate surface area is 205 Å². The quantitative estimate of drug-likeness (QED) is 0.577. The second kappa shape index (κ2) is 13.2. The van der Waals surface area contributed by atoms with Gasteiger partial charge in [-0.1, -0.05) is 19.1 Å². The molecule has 2 aliphatic rings. The number of benzene rings is 1. The maximum absolute atomic E-state index is 14.6. The number of fused-ring (bicyclic) bond motifs is 13. The molecule has 0 saturated heterocycles. The summed E-state index contributed by atoms with van der Waals surface area (Å²) < 4.78 is 20.1. The van der Waals surface area contributed by atoms with Gasteiger partial charge in [0.25, 0.3) is 0 Å². The Kier molecular flexibility index (Phi) is 9.98. The molecule has 1 aromatic carbocycles. The van der Waals surface area contributed by atoms with E-state index in [9.17, 15) is 19.1 Å². The zero-order valence-electron chi connectivity index (χ0n) is 20.4. The normalized spacial score (nSPS) is 18.7. The van der Waals surface area contributed by atoms with E-state index in [1.165, 1.54) is 11.0 Å². The van der Waals surface area contributed by atoms with Crippen LogP contribution in [0.25, 0.3) is 0 Å².